The molecule has 0 bridgehead atoms. The number of rotatable bonds is 3. The minimum absolute atomic E-state index is 0.161. The molecule has 0 unspecified atom stereocenters. The van der Waals surface area contributed by atoms with Crippen LogP contribution in [-0.2, 0) is 6.42 Å². The van der Waals surface area contributed by atoms with Gasteiger partial charge in [-0.3, -0.25) is 4.98 Å². The Morgan fingerprint density at radius 2 is 2.05 bits per heavy atom. The van der Waals surface area contributed by atoms with Gasteiger partial charge in [-0.2, -0.15) is 5.26 Å². The van der Waals surface area contributed by atoms with E-state index in [0.29, 0.717) is 16.8 Å². The first-order valence-corrected chi connectivity index (χ1v) is 5.86. The molecular formula is C14H10F3N3O. The fraction of sp³-hybridized carbons (Fsp3) is 0.143. The predicted molar refractivity (Wildman–Crippen MR) is 70.1 cm³/mol. The molecule has 0 fully saturated rings. The number of hydrogen-bond acceptors (Lipinski definition) is 4. The minimum Gasteiger partial charge on any atom is -0.406 e. The zero-order chi connectivity index (χ0) is 15.5. The van der Waals surface area contributed by atoms with Gasteiger partial charge < -0.3 is 10.5 Å². The van der Waals surface area contributed by atoms with Gasteiger partial charge in [0.25, 0.3) is 0 Å². The Labute approximate surface area is 118 Å². The number of alkyl halides is 3. The zero-order valence-corrected chi connectivity index (χ0v) is 10.7. The second-order valence-electron chi connectivity index (χ2n) is 4.19. The summed E-state index contributed by atoms with van der Waals surface area (Å²) in [5.74, 6) is -0.345. The van der Waals surface area contributed by atoms with Crippen LogP contribution in [0.4, 0.5) is 18.9 Å². The van der Waals surface area contributed by atoms with Crippen LogP contribution in [0.1, 0.15) is 5.56 Å². The average Bonchev–Trinajstić information content (AvgIpc) is 2.37. The van der Waals surface area contributed by atoms with Crippen LogP contribution in [0.3, 0.4) is 0 Å². The highest BCUT2D eigenvalue weighted by molar-refractivity contribution is 5.73. The van der Waals surface area contributed by atoms with Gasteiger partial charge in [0.2, 0.25) is 0 Å². The van der Waals surface area contributed by atoms with Crippen molar-refractivity contribution in [3.63, 3.8) is 0 Å². The highest BCUT2D eigenvalue weighted by atomic mass is 19.4. The van der Waals surface area contributed by atoms with Crippen molar-refractivity contribution < 1.29 is 17.9 Å². The lowest BCUT2D eigenvalue weighted by molar-refractivity contribution is -0.274. The van der Waals surface area contributed by atoms with Crippen LogP contribution >= 0.6 is 0 Å². The lowest BCUT2D eigenvalue weighted by Crippen LogP contribution is -2.17. The summed E-state index contributed by atoms with van der Waals surface area (Å²) < 4.78 is 40.5. The molecular weight excluding hydrogens is 283 g/mol. The van der Waals surface area contributed by atoms with Gasteiger partial charge in [-0.1, -0.05) is 12.1 Å². The van der Waals surface area contributed by atoms with E-state index in [1.807, 2.05) is 6.07 Å². The van der Waals surface area contributed by atoms with Gasteiger partial charge in [-0.05, 0) is 23.8 Å². The lowest BCUT2D eigenvalue weighted by atomic mass is 10.1. The Hall–Kier alpha value is -2.75. The molecule has 0 amide bonds. The van der Waals surface area contributed by atoms with Crippen molar-refractivity contribution in [1.29, 1.82) is 5.26 Å². The molecule has 0 spiro atoms. The maximum Gasteiger partial charge on any atom is 0.573 e. The minimum atomic E-state index is -4.76. The Morgan fingerprint density at radius 1 is 1.29 bits per heavy atom. The number of halogens is 3. The van der Waals surface area contributed by atoms with Crippen LogP contribution in [0, 0.1) is 11.3 Å². The van der Waals surface area contributed by atoms with E-state index >= 15 is 0 Å². The Morgan fingerprint density at radius 3 is 2.67 bits per heavy atom. The fourth-order valence-corrected chi connectivity index (χ4v) is 1.80. The van der Waals surface area contributed by atoms with E-state index in [0.717, 1.165) is 0 Å². The molecule has 2 aromatic rings. The van der Waals surface area contributed by atoms with Crippen molar-refractivity contribution in [3.05, 3.63) is 42.1 Å². The summed E-state index contributed by atoms with van der Waals surface area (Å²) in [6.45, 7) is 0. The summed E-state index contributed by atoms with van der Waals surface area (Å²) in [6.07, 6.45) is -3.13. The van der Waals surface area contributed by atoms with Gasteiger partial charge in [0, 0.05) is 11.8 Å². The largest absolute Gasteiger partial charge is 0.573 e. The molecule has 0 radical (unpaired) electrons. The number of ether oxygens (including phenoxy) is 1. The Kier molecular flexibility index (Phi) is 3.98. The summed E-state index contributed by atoms with van der Waals surface area (Å²) in [5, 5.41) is 8.60. The van der Waals surface area contributed by atoms with Gasteiger partial charge >= 0.3 is 6.36 Å². The zero-order valence-electron chi connectivity index (χ0n) is 10.7. The Balaban J connectivity index is 2.34. The number of anilines is 1. The third-order valence-corrected chi connectivity index (χ3v) is 2.60. The molecule has 2 rings (SSSR count). The standard InChI is InChI=1S/C14H10F3N3O/c15-14(16,17)21-11-3-1-2-10(7-11)13-12(19)6-9(4-5-18)8-20-13/h1-3,6-8H,4,19H2. The van der Waals surface area contributed by atoms with Crippen molar-refractivity contribution >= 4 is 5.69 Å². The van der Waals surface area contributed by atoms with E-state index in [1.54, 1.807) is 12.1 Å². The van der Waals surface area contributed by atoms with E-state index in [2.05, 4.69) is 9.72 Å². The van der Waals surface area contributed by atoms with Gasteiger partial charge in [-0.15, -0.1) is 13.2 Å². The number of nitrogens with zero attached hydrogens (tertiary/aromatic N) is 2. The number of benzene rings is 1. The summed E-state index contributed by atoms with van der Waals surface area (Å²) in [6, 6.07) is 8.93. The average molecular weight is 293 g/mol. The molecule has 0 aliphatic carbocycles. The summed E-state index contributed by atoms with van der Waals surface area (Å²) >= 11 is 0. The molecule has 1 heterocycles. The van der Waals surface area contributed by atoms with E-state index < -0.39 is 6.36 Å². The molecule has 2 N–H and O–H groups in total. The first kappa shape index (κ1) is 14.7. The van der Waals surface area contributed by atoms with Crippen LogP contribution in [0.2, 0.25) is 0 Å². The van der Waals surface area contributed by atoms with Crippen LogP contribution in [0.25, 0.3) is 11.3 Å². The first-order chi connectivity index (χ1) is 9.89. The third-order valence-electron chi connectivity index (χ3n) is 2.60. The lowest BCUT2D eigenvalue weighted by Gasteiger charge is -2.11. The smallest absolute Gasteiger partial charge is 0.406 e. The van der Waals surface area contributed by atoms with E-state index in [1.165, 1.54) is 24.4 Å². The van der Waals surface area contributed by atoms with E-state index in [4.69, 9.17) is 11.0 Å². The Bertz CT molecular complexity index is 693. The first-order valence-electron chi connectivity index (χ1n) is 5.86. The summed E-state index contributed by atoms with van der Waals surface area (Å²) in [4.78, 5) is 4.09. The molecule has 1 aromatic carbocycles. The monoisotopic (exact) mass is 293 g/mol. The molecule has 1 aromatic heterocycles. The summed E-state index contributed by atoms with van der Waals surface area (Å²) in [5.41, 5.74) is 7.49. The molecule has 21 heavy (non-hydrogen) atoms. The molecule has 108 valence electrons. The van der Waals surface area contributed by atoms with Crippen LogP contribution in [0.15, 0.2) is 36.5 Å². The topological polar surface area (TPSA) is 71.9 Å². The highest BCUT2D eigenvalue weighted by Gasteiger charge is 2.31. The number of nitriles is 1. The molecule has 4 nitrogen and oxygen atoms in total. The normalized spacial score (nSPS) is 11.0. The second-order valence-corrected chi connectivity index (χ2v) is 4.19. The maximum atomic E-state index is 12.2. The number of aromatic nitrogens is 1. The predicted octanol–water partition coefficient (Wildman–Crippen LogP) is 3.30. The molecule has 0 aliphatic rings. The van der Waals surface area contributed by atoms with Gasteiger partial charge in [0.15, 0.2) is 0 Å². The van der Waals surface area contributed by atoms with Gasteiger partial charge in [0.1, 0.15) is 5.75 Å². The van der Waals surface area contributed by atoms with Crippen LogP contribution in [-0.4, -0.2) is 11.3 Å². The SMILES string of the molecule is N#CCc1cnc(-c2cccc(OC(F)(F)F)c2)c(N)c1. The van der Waals surface area contributed by atoms with Crippen molar-refractivity contribution in [2.24, 2.45) is 0 Å². The molecule has 0 aliphatic heterocycles. The van der Waals surface area contributed by atoms with Crippen LogP contribution < -0.4 is 10.5 Å². The second kappa shape index (κ2) is 5.71. The van der Waals surface area contributed by atoms with E-state index in [9.17, 15) is 13.2 Å². The van der Waals surface area contributed by atoms with E-state index in [-0.39, 0.29) is 17.9 Å². The molecule has 0 atom stereocenters. The maximum absolute atomic E-state index is 12.2. The van der Waals surface area contributed by atoms with Gasteiger partial charge in [-0.25, -0.2) is 0 Å². The van der Waals surface area contributed by atoms with Crippen LogP contribution in [0.5, 0.6) is 5.75 Å². The van der Waals surface area contributed by atoms with Gasteiger partial charge in [0.05, 0.1) is 23.9 Å². The number of hydrogen-bond donors (Lipinski definition) is 1. The number of pyridine rings is 1. The molecule has 0 saturated carbocycles. The van der Waals surface area contributed by atoms with Crippen molar-refractivity contribution in [3.8, 4) is 23.1 Å². The summed E-state index contributed by atoms with van der Waals surface area (Å²) in [7, 11) is 0. The molecule has 7 heteroatoms. The third kappa shape index (κ3) is 3.86. The molecule has 0 saturated heterocycles. The fourth-order valence-electron chi connectivity index (χ4n) is 1.80. The van der Waals surface area contributed by atoms with Crippen molar-refractivity contribution in [2.75, 3.05) is 5.73 Å². The van der Waals surface area contributed by atoms with Crippen molar-refractivity contribution in [2.45, 2.75) is 12.8 Å². The van der Waals surface area contributed by atoms with Crippen molar-refractivity contribution in [1.82, 2.24) is 4.98 Å². The number of nitrogen functional groups attached to an aromatic ring is 1. The quantitative estimate of drug-likeness (QED) is 0.942. The highest BCUT2D eigenvalue weighted by Crippen LogP contribution is 2.29. The number of nitrogens with two attached hydrogens (primary N) is 1.